The van der Waals surface area contributed by atoms with Crippen LogP contribution in [-0.2, 0) is 4.43 Å². The summed E-state index contributed by atoms with van der Waals surface area (Å²) in [6, 6.07) is 6.18. The maximum Gasteiger partial charge on any atom is 0.192 e. The zero-order valence-corrected chi connectivity index (χ0v) is 17.0. The van der Waals surface area contributed by atoms with Crippen molar-refractivity contribution in [2.24, 2.45) is 23.2 Å². The minimum Gasteiger partial charge on any atom is -0.414 e. The molecule has 0 bridgehead atoms. The molecule has 0 saturated heterocycles. The zero-order chi connectivity index (χ0) is 17.1. The second-order valence-electron chi connectivity index (χ2n) is 8.43. The van der Waals surface area contributed by atoms with Crippen molar-refractivity contribution < 1.29 is 4.43 Å². The van der Waals surface area contributed by atoms with Crippen molar-refractivity contribution in [1.82, 2.24) is 0 Å². The van der Waals surface area contributed by atoms with Crippen LogP contribution in [0, 0.1) is 34.5 Å². The lowest BCUT2D eigenvalue weighted by molar-refractivity contribution is -0.0189. The smallest absolute Gasteiger partial charge is 0.192 e. The fraction of sp³-hybridized carbons (Fsp3) is 0.950. The van der Waals surface area contributed by atoms with Crippen LogP contribution in [0.25, 0.3) is 0 Å². The minimum atomic E-state index is -1.51. The standard InChI is InChI=1S/C20H37NOSi/c1-6-23(7-2,8-3)22-19-10-9-14-20(5)17(11-12-18(19)20)16(4)13-15-21/h16-19H,6-14H2,1-5H3/t16?,17-,18+,19?,20?/m1/s1. The molecule has 2 nitrogen and oxygen atoms in total. The molecule has 0 radical (unpaired) electrons. The predicted octanol–water partition coefficient (Wildman–Crippen LogP) is 6.14. The molecule has 2 aliphatic rings. The Balaban J connectivity index is 2.16. The molecule has 2 rings (SSSR count). The van der Waals surface area contributed by atoms with Crippen LogP contribution in [0.15, 0.2) is 0 Å². The molecular formula is C20H37NOSi. The molecule has 0 amide bonds. The van der Waals surface area contributed by atoms with Crippen LogP contribution in [0.2, 0.25) is 18.1 Å². The van der Waals surface area contributed by atoms with E-state index in [0.717, 1.165) is 18.3 Å². The van der Waals surface area contributed by atoms with Gasteiger partial charge in [-0.3, -0.25) is 0 Å². The van der Waals surface area contributed by atoms with E-state index < -0.39 is 8.32 Å². The van der Waals surface area contributed by atoms with Crippen molar-refractivity contribution in [3.8, 4) is 6.07 Å². The van der Waals surface area contributed by atoms with E-state index in [1.165, 1.54) is 50.2 Å². The molecule has 3 unspecified atom stereocenters. The number of nitriles is 1. The van der Waals surface area contributed by atoms with E-state index in [1.807, 2.05) is 0 Å². The quantitative estimate of drug-likeness (QED) is 0.523. The predicted molar refractivity (Wildman–Crippen MR) is 99.6 cm³/mol. The first-order valence-electron chi connectivity index (χ1n) is 10.0. The molecule has 0 spiro atoms. The lowest BCUT2D eigenvalue weighted by atomic mass is 9.61. The van der Waals surface area contributed by atoms with Gasteiger partial charge in [0.25, 0.3) is 0 Å². The van der Waals surface area contributed by atoms with Gasteiger partial charge in [-0.05, 0) is 67.0 Å². The summed E-state index contributed by atoms with van der Waals surface area (Å²) in [7, 11) is -1.51. The average molecular weight is 336 g/mol. The molecular weight excluding hydrogens is 298 g/mol. The summed E-state index contributed by atoms with van der Waals surface area (Å²) < 4.78 is 6.97. The molecule has 132 valence electrons. The first-order chi connectivity index (χ1) is 11.0. The van der Waals surface area contributed by atoms with Crippen LogP contribution in [0.5, 0.6) is 0 Å². The highest BCUT2D eigenvalue weighted by molar-refractivity contribution is 6.73. The monoisotopic (exact) mass is 335 g/mol. The number of hydrogen-bond donors (Lipinski definition) is 0. The molecule has 0 aromatic carbocycles. The first-order valence-corrected chi connectivity index (χ1v) is 12.5. The van der Waals surface area contributed by atoms with E-state index in [1.54, 1.807) is 0 Å². The molecule has 2 fully saturated rings. The molecule has 0 heterocycles. The van der Waals surface area contributed by atoms with Crippen LogP contribution in [-0.4, -0.2) is 14.4 Å². The number of fused-ring (bicyclic) bond motifs is 1. The molecule has 23 heavy (non-hydrogen) atoms. The Morgan fingerprint density at radius 1 is 1.17 bits per heavy atom. The summed E-state index contributed by atoms with van der Waals surface area (Å²) in [6.45, 7) is 11.8. The summed E-state index contributed by atoms with van der Waals surface area (Å²) in [6.07, 6.45) is 7.78. The molecule has 0 aromatic rings. The van der Waals surface area contributed by atoms with Crippen LogP contribution < -0.4 is 0 Å². The van der Waals surface area contributed by atoms with Crippen LogP contribution >= 0.6 is 0 Å². The van der Waals surface area contributed by atoms with Gasteiger partial charge in [0.1, 0.15) is 0 Å². The highest BCUT2D eigenvalue weighted by Crippen LogP contribution is 2.59. The summed E-state index contributed by atoms with van der Waals surface area (Å²) in [5.41, 5.74) is 0.411. The van der Waals surface area contributed by atoms with Gasteiger partial charge in [0, 0.05) is 12.5 Å². The fourth-order valence-corrected chi connectivity index (χ4v) is 8.77. The van der Waals surface area contributed by atoms with Gasteiger partial charge in [-0.25, -0.2) is 0 Å². The van der Waals surface area contributed by atoms with Crippen LogP contribution in [0.1, 0.15) is 73.1 Å². The van der Waals surface area contributed by atoms with Gasteiger partial charge in [0.2, 0.25) is 0 Å². The molecule has 0 aromatic heterocycles. The average Bonchev–Trinajstić information content (AvgIpc) is 2.91. The van der Waals surface area contributed by atoms with Crippen molar-refractivity contribution in [2.45, 2.75) is 97.4 Å². The summed E-state index contributed by atoms with van der Waals surface area (Å²) >= 11 is 0. The first kappa shape index (κ1) is 19.0. The van der Waals surface area contributed by atoms with Gasteiger partial charge in [0.05, 0.1) is 6.07 Å². The highest BCUT2D eigenvalue weighted by atomic mass is 28.4. The Labute approximate surface area is 145 Å². The molecule has 2 saturated carbocycles. The van der Waals surface area contributed by atoms with E-state index in [0.29, 0.717) is 17.4 Å². The Bertz CT molecular complexity index is 420. The molecule has 2 aliphatic carbocycles. The van der Waals surface area contributed by atoms with Gasteiger partial charge < -0.3 is 4.43 Å². The van der Waals surface area contributed by atoms with Gasteiger partial charge >= 0.3 is 0 Å². The maximum atomic E-state index is 9.11. The van der Waals surface area contributed by atoms with Crippen molar-refractivity contribution in [1.29, 1.82) is 5.26 Å². The number of nitrogens with zero attached hydrogens (tertiary/aromatic N) is 1. The lowest BCUT2D eigenvalue weighted by Gasteiger charge is -2.48. The van der Waals surface area contributed by atoms with E-state index in [4.69, 9.17) is 9.69 Å². The summed E-state index contributed by atoms with van der Waals surface area (Å²) in [4.78, 5) is 0. The third-order valence-corrected chi connectivity index (χ3v) is 12.2. The largest absolute Gasteiger partial charge is 0.414 e. The molecule has 3 heteroatoms. The second-order valence-corrected chi connectivity index (χ2v) is 13.2. The third-order valence-electron chi connectivity index (χ3n) is 7.57. The third kappa shape index (κ3) is 3.54. The number of rotatable bonds is 7. The number of hydrogen-bond acceptors (Lipinski definition) is 2. The SMILES string of the molecule is CC[Si](CC)(CC)OC1CCCC2(C)[C@@H](C(C)CC#N)CC[C@@H]12. The Morgan fingerprint density at radius 2 is 1.83 bits per heavy atom. The van der Waals surface area contributed by atoms with Gasteiger partial charge in [-0.2, -0.15) is 5.26 Å². The normalized spacial score (nSPS) is 35.6. The van der Waals surface area contributed by atoms with Crippen molar-refractivity contribution in [3.05, 3.63) is 0 Å². The van der Waals surface area contributed by atoms with Crippen molar-refractivity contribution in [2.75, 3.05) is 0 Å². The minimum absolute atomic E-state index is 0.411. The van der Waals surface area contributed by atoms with Crippen molar-refractivity contribution in [3.63, 3.8) is 0 Å². The molecule has 0 N–H and O–H groups in total. The van der Waals surface area contributed by atoms with E-state index in [-0.39, 0.29) is 0 Å². The lowest BCUT2D eigenvalue weighted by Crippen LogP contribution is -2.48. The zero-order valence-electron chi connectivity index (χ0n) is 16.0. The van der Waals surface area contributed by atoms with Crippen LogP contribution in [0.4, 0.5) is 0 Å². The second kappa shape index (κ2) is 7.70. The maximum absolute atomic E-state index is 9.11. The van der Waals surface area contributed by atoms with E-state index in [2.05, 4.69) is 40.7 Å². The topological polar surface area (TPSA) is 33.0 Å². The highest BCUT2D eigenvalue weighted by Gasteiger charge is 2.53. The van der Waals surface area contributed by atoms with Gasteiger partial charge in [-0.15, -0.1) is 0 Å². The molecule has 5 atom stereocenters. The van der Waals surface area contributed by atoms with Gasteiger partial charge in [-0.1, -0.05) is 41.0 Å². The van der Waals surface area contributed by atoms with E-state index in [9.17, 15) is 0 Å². The van der Waals surface area contributed by atoms with E-state index >= 15 is 0 Å². The Hall–Kier alpha value is -0.333. The van der Waals surface area contributed by atoms with Crippen LogP contribution in [0.3, 0.4) is 0 Å². The van der Waals surface area contributed by atoms with Crippen molar-refractivity contribution >= 4 is 8.32 Å². The fourth-order valence-electron chi connectivity index (χ4n) is 5.84. The van der Waals surface area contributed by atoms with Gasteiger partial charge in [0.15, 0.2) is 8.32 Å². The molecule has 0 aliphatic heterocycles. The Morgan fingerprint density at radius 3 is 2.39 bits per heavy atom. The Kier molecular flexibility index (Phi) is 6.36. The summed E-state index contributed by atoms with van der Waals surface area (Å²) in [5.74, 6) is 2.00. The summed E-state index contributed by atoms with van der Waals surface area (Å²) in [5, 5.41) is 9.11.